The maximum atomic E-state index is 12.8. The van der Waals surface area contributed by atoms with Crippen LogP contribution >= 0.6 is 0 Å². The zero-order chi connectivity index (χ0) is 25.1. The maximum absolute atomic E-state index is 12.8. The van der Waals surface area contributed by atoms with Crippen LogP contribution in [0.1, 0.15) is 27.3 Å². The van der Waals surface area contributed by atoms with Crippen LogP contribution < -0.4 is 5.43 Å². The Bertz CT molecular complexity index is 1570. The third-order valence-corrected chi connectivity index (χ3v) is 6.48. The van der Waals surface area contributed by atoms with E-state index in [9.17, 15) is 4.79 Å². The number of nitrogens with one attached hydrogen (secondary N) is 1. The molecule has 36 heavy (non-hydrogen) atoms. The van der Waals surface area contributed by atoms with Gasteiger partial charge >= 0.3 is 0 Å². The lowest BCUT2D eigenvalue weighted by Gasteiger charge is -2.12. The van der Waals surface area contributed by atoms with E-state index in [2.05, 4.69) is 76.5 Å². The average molecular weight is 473 g/mol. The number of fused-ring (bicyclic) bond motifs is 1. The molecule has 1 N–H and O–H groups in total. The van der Waals surface area contributed by atoms with E-state index in [1.54, 1.807) is 6.21 Å². The van der Waals surface area contributed by atoms with Gasteiger partial charge in [0.05, 0.1) is 11.9 Å². The third-order valence-electron chi connectivity index (χ3n) is 6.48. The van der Waals surface area contributed by atoms with Crippen molar-refractivity contribution in [1.82, 2.24) is 14.6 Å². The fraction of sp³-hybridized carbons (Fsp3) is 0.0968. The Labute approximate surface area is 211 Å². The van der Waals surface area contributed by atoms with Crippen LogP contribution in [-0.4, -0.2) is 21.3 Å². The third kappa shape index (κ3) is 4.27. The number of rotatable bonds is 7. The zero-order valence-electron chi connectivity index (χ0n) is 20.5. The van der Waals surface area contributed by atoms with Gasteiger partial charge in [0.2, 0.25) is 0 Å². The number of carbonyl (C=O) groups is 1. The molecular formula is C31H28N4O. The number of carbonyl (C=O) groups excluding carboxylic acids is 1. The van der Waals surface area contributed by atoms with Gasteiger partial charge in [-0.05, 0) is 61.9 Å². The number of para-hydroxylation sites is 1. The van der Waals surface area contributed by atoms with Gasteiger partial charge in [0.1, 0.15) is 0 Å². The van der Waals surface area contributed by atoms with Crippen molar-refractivity contribution in [3.05, 3.63) is 126 Å². The Hall–Kier alpha value is -4.64. The topological polar surface area (TPSA) is 51.3 Å². The van der Waals surface area contributed by atoms with Crippen LogP contribution in [0, 0.1) is 13.8 Å². The van der Waals surface area contributed by atoms with Crippen LogP contribution in [0.25, 0.3) is 27.8 Å². The number of aromatic nitrogens is 2. The molecule has 0 atom stereocenters. The Morgan fingerprint density at radius 3 is 2.39 bits per heavy atom. The second-order valence-electron chi connectivity index (χ2n) is 8.72. The smallest absolute Gasteiger partial charge is 0.271 e. The summed E-state index contributed by atoms with van der Waals surface area (Å²) in [5, 5.41) is 5.37. The first-order valence-corrected chi connectivity index (χ1v) is 11.9. The van der Waals surface area contributed by atoms with Gasteiger partial charge in [0, 0.05) is 45.6 Å². The highest BCUT2D eigenvalue weighted by Crippen LogP contribution is 2.27. The van der Waals surface area contributed by atoms with Gasteiger partial charge in [0.15, 0.2) is 0 Å². The molecule has 0 saturated carbocycles. The lowest BCUT2D eigenvalue weighted by Crippen LogP contribution is -2.17. The molecule has 2 heterocycles. The first kappa shape index (κ1) is 23.1. The van der Waals surface area contributed by atoms with Crippen molar-refractivity contribution >= 4 is 23.0 Å². The number of nitrogens with zero attached hydrogens (tertiary/aromatic N) is 3. The lowest BCUT2D eigenvalue weighted by atomic mass is 10.1. The standard InChI is InChI=1S/C31H28N4O/c1-4-20-34-23(3)28(27-12-8-9-13-30(27)34)21-32-33-31(36)25-15-17-26(18-16-25)35-22(2)14-19-29(35)24-10-6-5-7-11-24/h4-19,21H,1,20H2,2-3H3,(H,33,36)/b32-21+. The number of benzene rings is 3. The number of allylic oxidation sites excluding steroid dienone is 1. The number of aryl methyl sites for hydroxylation is 1. The Morgan fingerprint density at radius 2 is 1.64 bits per heavy atom. The molecule has 5 nitrogen and oxygen atoms in total. The van der Waals surface area contributed by atoms with Crippen molar-refractivity contribution < 1.29 is 4.79 Å². The molecule has 0 bridgehead atoms. The molecule has 0 aliphatic carbocycles. The van der Waals surface area contributed by atoms with Gasteiger partial charge in [0.25, 0.3) is 5.91 Å². The summed E-state index contributed by atoms with van der Waals surface area (Å²) in [6.07, 6.45) is 3.60. The van der Waals surface area contributed by atoms with Crippen LogP contribution in [0.5, 0.6) is 0 Å². The molecule has 0 spiro atoms. The molecule has 5 aromatic rings. The highest BCUT2D eigenvalue weighted by molar-refractivity contribution is 6.02. The first-order chi connectivity index (χ1) is 17.6. The summed E-state index contributed by atoms with van der Waals surface area (Å²) in [6.45, 7) is 8.71. The van der Waals surface area contributed by atoms with Crippen LogP contribution in [-0.2, 0) is 6.54 Å². The summed E-state index contributed by atoms with van der Waals surface area (Å²) in [5.74, 6) is -0.252. The summed E-state index contributed by atoms with van der Waals surface area (Å²) < 4.78 is 4.38. The number of hydrogen-bond donors (Lipinski definition) is 1. The van der Waals surface area contributed by atoms with Crippen molar-refractivity contribution in [2.75, 3.05) is 0 Å². The molecule has 0 aliphatic rings. The molecule has 0 fully saturated rings. The average Bonchev–Trinajstić information content (AvgIpc) is 3.42. The van der Waals surface area contributed by atoms with E-state index in [0.717, 1.165) is 44.8 Å². The van der Waals surface area contributed by atoms with Crippen LogP contribution in [0.3, 0.4) is 0 Å². The van der Waals surface area contributed by atoms with Crippen molar-refractivity contribution in [3.63, 3.8) is 0 Å². The SMILES string of the molecule is C=CCn1c(C)c(/C=N/NC(=O)c2ccc(-n3c(C)ccc3-c3ccccc3)cc2)c2ccccc21. The fourth-order valence-electron chi connectivity index (χ4n) is 4.68. The summed E-state index contributed by atoms with van der Waals surface area (Å²) in [4.78, 5) is 12.8. The minimum absolute atomic E-state index is 0.252. The van der Waals surface area contributed by atoms with E-state index in [0.29, 0.717) is 12.1 Å². The molecule has 0 saturated heterocycles. The van der Waals surface area contributed by atoms with Gasteiger partial charge in [-0.15, -0.1) is 6.58 Å². The minimum Gasteiger partial charge on any atom is -0.340 e. The van der Waals surface area contributed by atoms with Crippen LogP contribution in [0.15, 0.2) is 109 Å². The minimum atomic E-state index is -0.252. The fourth-order valence-corrected chi connectivity index (χ4v) is 4.68. The number of amides is 1. The Balaban J connectivity index is 1.35. The van der Waals surface area contributed by atoms with E-state index in [1.165, 1.54) is 0 Å². The van der Waals surface area contributed by atoms with E-state index in [-0.39, 0.29) is 5.91 Å². The van der Waals surface area contributed by atoms with Gasteiger partial charge in [-0.3, -0.25) is 4.79 Å². The first-order valence-electron chi connectivity index (χ1n) is 11.9. The normalized spacial score (nSPS) is 11.3. The quantitative estimate of drug-likeness (QED) is 0.161. The highest BCUT2D eigenvalue weighted by atomic mass is 16.2. The Morgan fingerprint density at radius 1 is 0.917 bits per heavy atom. The predicted molar refractivity (Wildman–Crippen MR) is 148 cm³/mol. The second-order valence-corrected chi connectivity index (χ2v) is 8.72. The summed E-state index contributed by atoms with van der Waals surface area (Å²) in [5.41, 5.74) is 10.8. The lowest BCUT2D eigenvalue weighted by molar-refractivity contribution is 0.0955. The maximum Gasteiger partial charge on any atom is 0.271 e. The summed E-state index contributed by atoms with van der Waals surface area (Å²) >= 11 is 0. The van der Waals surface area contributed by atoms with Gasteiger partial charge in [-0.2, -0.15) is 5.10 Å². The molecule has 178 valence electrons. The highest BCUT2D eigenvalue weighted by Gasteiger charge is 2.13. The molecule has 2 aromatic heterocycles. The molecule has 5 rings (SSSR count). The molecular weight excluding hydrogens is 444 g/mol. The molecule has 3 aromatic carbocycles. The second kappa shape index (κ2) is 9.92. The molecule has 0 unspecified atom stereocenters. The van der Waals surface area contributed by atoms with Crippen molar-refractivity contribution in [2.45, 2.75) is 20.4 Å². The van der Waals surface area contributed by atoms with E-state index < -0.39 is 0 Å². The van der Waals surface area contributed by atoms with Crippen LogP contribution in [0.2, 0.25) is 0 Å². The molecule has 1 amide bonds. The largest absolute Gasteiger partial charge is 0.340 e. The number of hydrazone groups is 1. The van der Waals surface area contributed by atoms with E-state index in [1.807, 2.05) is 60.7 Å². The predicted octanol–water partition coefficient (Wildman–Crippen LogP) is 6.67. The molecule has 0 radical (unpaired) electrons. The van der Waals surface area contributed by atoms with Crippen molar-refractivity contribution in [1.29, 1.82) is 0 Å². The monoisotopic (exact) mass is 472 g/mol. The van der Waals surface area contributed by atoms with Crippen LogP contribution in [0.4, 0.5) is 0 Å². The van der Waals surface area contributed by atoms with Gasteiger partial charge in [-0.25, -0.2) is 5.43 Å². The summed E-state index contributed by atoms with van der Waals surface area (Å²) in [6, 6.07) is 30.3. The zero-order valence-corrected chi connectivity index (χ0v) is 20.5. The summed E-state index contributed by atoms with van der Waals surface area (Å²) in [7, 11) is 0. The van der Waals surface area contributed by atoms with E-state index in [4.69, 9.17) is 0 Å². The van der Waals surface area contributed by atoms with Crippen molar-refractivity contribution in [3.8, 4) is 16.9 Å². The molecule has 0 aliphatic heterocycles. The van der Waals surface area contributed by atoms with Crippen molar-refractivity contribution in [2.24, 2.45) is 5.10 Å². The van der Waals surface area contributed by atoms with Gasteiger partial charge < -0.3 is 9.13 Å². The molecule has 5 heteroatoms. The Kier molecular flexibility index (Phi) is 6.37. The van der Waals surface area contributed by atoms with E-state index >= 15 is 0 Å². The number of hydrogen-bond acceptors (Lipinski definition) is 2. The van der Waals surface area contributed by atoms with Gasteiger partial charge in [-0.1, -0.05) is 54.6 Å².